The van der Waals surface area contributed by atoms with Crippen LogP contribution in [0.5, 0.6) is 5.75 Å². The van der Waals surface area contributed by atoms with Crippen molar-refractivity contribution in [2.24, 2.45) is 0 Å². The number of H-pyrrole nitrogens is 1. The highest BCUT2D eigenvalue weighted by atomic mass is 16.5. The third kappa shape index (κ3) is 1.94. The first-order valence-corrected chi connectivity index (χ1v) is 6.80. The molecule has 2 aromatic carbocycles. The highest BCUT2D eigenvalue weighted by Crippen LogP contribution is 2.32. The molecule has 0 saturated heterocycles. The molecule has 0 fully saturated rings. The van der Waals surface area contributed by atoms with Crippen molar-refractivity contribution in [2.75, 3.05) is 18.1 Å². The number of benzene rings is 2. The van der Waals surface area contributed by atoms with Crippen LogP contribution in [0.3, 0.4) is 0 Å². The van der Waals surface area contributed by atoms with Gasteiger partial charge >= 0.3 is 0 Å². The van der Waals surface area contributed by atoms with Crippen molar-refractivity contribution < 1.29 is 9.53 Å². The monoisotopic (exact) mass is 279 g/mol. The van der Waals surface area contributed by atoms with Gasteiger partial charge in [0.1, 0.15) is 12.4 Å². The molecule has 0 radical (unpaired) electrons. The van der Waals surface area contributed by atoms with Gasteiger partial charge in [-0.05, 0) is 24.3 Å². The number of aromatic amines is 1. The fraction of sp³-hybridized carbons (Fsp3) is 0.125. The zero-order chi connectivity index (χ0) is 14.2. The van der Waals surface area contributed by atoms with E-state index < -0.39 is 0 Å². The number of rotatable bonds is 1. The lowest BCUT2D eigenvalue weighted by Crippen LogP contribution is -2.37. The Morgan fingerprint density at radius 3 is 3.10 bits per heavy atom. The van der Waals surface area contributed by atoms with Crippen LogP contribution in [0.4, 0.5) is 5.69 Å². The molecule has 0 aliphatic carbocycles. The van der Waals surface area contributed by atoms with Crippen LogP contribution >= 0.6 is 0 Å². The molecule has 21 heavy (non-hydrogen) atoms. The number of fused-ring (bicyclic) bond motifs is 2. The van der Waals surface area contributed by atoms with E-state index in [1.54, 1.807) is 11.1 Å². The maximum Gasteiger partial charge on any atom is 0.258 e. The van der Waals surface area contributed by atoms with Crippen LogP contribution in [0, 0.1) is 0 Å². The van der Waals surface area contributed by atoms with Crippen molar-refractivity contribution in [3.8, 4) is 5.75 Å². The first kappa shape index (κ1) is 12.0. The molecular weight excluding hydrogens is 266 g/mol. The summed E-state index contributed by atoms with van der Waals surface area (Å²) in [5.41, 5.74) is 2.32. The molecule has 0 bridgehead atoms. The molecule has 3 aromatic rings. The highest BCUT2D eigenvalue weighted by Gasteiger charge is 2.24. The molecule has 1 aliphatic heterocycles. The molecule has 1 aromatic heterocycles. The molecule has 2 heterocycles. The lowest BCUT2D eigenvalue weighted by Gasteiger charge is -2.29. The molecule has 0 spiro atoms. The van der Waals surface area contributed by atoms with Gasteiger partial charge in [0.15, 0.2) is 0 Å². The molecule has 1 aliphatic rings. The Labute approximate surface area is 121 Å². The summed E-state index contributed by atoms with van der Waals surface area (Å²) in [5.74, 6) is 0.724. The summed E-state index contributed by atoms with van der Waals surface area (Å²) < 4.78 is 5.59. The maximum absolute atomic E-state index is 12.8. The van der Waals surface area contributed by atoms with Gasteiger partial charge in [0.05, 0.1) is 23.9 Å². The number of carbonyl (C=O) groups excluding carboxylic acids is 1. The van der Waals surface area contributed by atoms with Gasteiger partial charge < -0.3 is 9.64 Å². The summed E-state index contributed by atoms with van der Waals surface area (Å²) in [5, 5.41) is 7.87. The predicted octanol–water partition coefficient (Wildman–Crippen LogP) is 2.60. The Hall–Kier alpha value is -2.82. The normalized spacial score (nSPS) is 13.8. The minimum Gasteiger partial charge on any atom is -0.490 e. The van der Waals surface area contributed by atoms with E-state index in [1.165, 1.54) is 0 Å². The van der Waals surface area contributed by atoms with Gasteiger partial charge in [-0.1, -0.05) is 18.2 Å². The number of aromatic nitrogens is 2. The van der Waals surface area contributed by atoms with Crippen LogP contribution in [-0.2, 0) is 0 Å². The number of para-hydroxylation sites is 2. The van der Waals surface area contributed by atoms with Crippen LogP contribution in [-0.4, -0.2) is 29.3 Å². The Bertz CT molecular complexity index is 825. The topological polar surface area (TPSA) is 58.2 Å². The summed E-state index contributed by atoms with van der Waals surface area (Å²) in [6.07, 6.45) is 1.74. The first-order chi connectivity index (χ1) is 10.3. The molecule has 1 N–H and O–H groups in total. The molecule has 5 nitrogen and oxygen atoms in total. The third-order valence-electron chi connectivity index (χ3n) is 3.66. The van der Waals surface area contributed by atoms with Crippen molar-refractivity contribution in [3.63, 3.8) is 0 Å². The van der Waals surface area contributed by atoms with Crippen molar-refractivity contribution in [2.45, 2.75) is 0 Å². The fourth-order valence-corrected chi connectivity index (χ4v) is 2.61. The Morgan fingerprint density at radius 1 is 1.24 bits per heavy atom. The minimum atomic E-state index is -0.0257. The van der Waals surface area contributed by atoms with E-state index in [0.717, 1.165) is 22.3 Å². The van der Waals surface area contributed by atoms with E-state index in [-0.39, 0.29) is 5.91 Å². The zero-order valence-electron chi connectivity index (χ0n) is 11.2. The van der Waals surface area contributed by atoms with Gasteiger partial charge in [0.2, 0.25) is 0 Å². The number of anilines is 1. The number of nitrogens with one attached hydrogen (secondary N) is 1. The fourth-order valence-electron chi connectivity index (χ4n) is 2.61. The Balaban J connectivity index is 1.75. The first-order valence-electron chi connectivity index (χ1n) is 6.80. The SMILES string of the molecule is O=C(c1ccc2cn[nH]c2c1)N1CCOc2ccccc21. The number of ether oxygens (including phenoxy) is 1. The molecule has 5 heteroatoms. The zero-order valence-corrected chi connectivity index (χ0v) is 11.2. The van der Waals surface area contributed by atoms with Crippen molar-refractivity contribution in [1.29, 1.82) is 0 Å². The van der Waals surface area contributed by atoms with Gasteiger partial charge in [-0.25, -0.2) is 0 Å². The molecule has 0 unspecified atom stereocenters. The van der Waals surface area contributed by atoms with Gasteiger partial charge in [-0.15, -0.1) is 0 Å². The average Bonchev–Trinajstić information content (AvgIpc) is 3.01. The second-order valence-electron chi connectivity index (χ2n) is 4.95. The van der Waals surface area contributed by atoms with Gasteiger partial charge in [-0.3, -0.25) is 9.89 Å². The summed E-state index contributed by atoms with van der Waals surface area (Å²) in [4.78, 5) is 14.5. The molecule has 104 valence electrons. The van der Waals surface area contributed by atoms with E-state index in [4.69, 9.17) is 4.74 Å². The van der Waals surface area contributed by atoms with Crippen LogP contribution < -0.4 is 9.64 Å². The smallest absolute Gasteiger partial charge is 0.258 e. The highest BCUT2D eigenvalue weighted by molar-refractivity contribution is 6.08. The molecule has 0 atom stereocenters. The van der Waals surface area contributed by atoms with Crippen molar-refractivity contribution in [1.82, 2.24) is 10.2 Å². The van der Waals surface area contributed by atoms with E-state index in [1.807, 2.05) is 42.5 Å². The van der Waals surface area contributed by atoms with Crippen LogP contribution in [0.1, 0.15) is 10.4 Å². The van der Waals surface area contributed by atoms with Crippen LogP contribution in [0.2, 0.25) is 0 Å². The average molecular weight is 279 g/mol. The van der Waals surface area contributed by atoms with E-state index >= 15 is 0 Å². The minimum absolute atomic E-state index is 0.0257. The van der Waals surface area contributed by atoms with E-state index in [0.29, 0.717) is 18.7 Å². The maximum atomic E-state index is 12.8. The molecule has 4 rings (SSSR count). The summed E-state index contributed by atoms with van der Waals surface area (Å²) in [6, 6.07) is 13.2. The number of carbonyl (C=O) groups is 1. The van der Waals surface area contributed by atoms with Gasteiger partial charge in [-0.2, -0.15) is 5.10 Å². The van der Waals surface area contributed by atoms with Crippen LogP contribution in [0.25, 0.3) is 10.9 Å². The van der Waals surface area contributed by atoms with Crippen molar-refractivity contribution in [3.05, 3.63) is 54.2 Å². The van der Waals surface area contributed by atoms with E-state index in [9.17, 15) is 4.79 Å². The van der Waals surface area contributed by atoms with Gasteiger partial charge in [0.25, 0.3) is 5.91 Å². The second kappa shape index (κ2) is 4.63. The third-order valence-corrected chi connectivity index (χ3v) is 3.66. The number of amides is 1. The Morgan fingerprint density at radius 2 is 2.14 bits per heavy atom. The molecular formula is C16H13N3O2. The number of hydrogen-bond donors (Lipinski definition) is 1. The summed E-state index contributed by atoms with van der Waals surface area (Å²) >= 11 is 0. The summed E-state index contributed by atoms with van der Waals surface area (Å²) in [7, 11) is 0. The Kier molecular flexibility index (Phi) is 2.64. The van der Waals surface area contributed by atoms with Crippen LogP contribution in [0.15, 0.2) is 48.7 Å². The van der Waals surface area contributed by atoms with E-state index in [2.05, 4.69) is 10.2 Å². The predicted molar refractivity (Wildman–Crippen MR) is 79.7 cm³/mol. The van der Waals surface area contributed by atoms with Gasteiger partial charge in [0, 0.05) is 10.9 Å². The largest absolute Gasteiger partial charge is 0.490 e. The standard InChI is InChI=1S/C16H13N3O2/c20-16(11-5-6-12-10-17-18-13(12)9-11)19-7-8-21-15-4-2-1-3-14(15)19/h1-6,9-10H,7-8H2,(H,17,18). The number of hydrogen-bond acceptors (Lipinski definition) is 3. The number of nitrogens with zero attached hydrogens (tertiary/aromatic N) is 2. The lowest BCUT2D eigenvalue weighted by atomic mass is 10.1. The quantitative estimate of drug-likeness (QED) is 0.745. The van der Waals surface area contributed by atoms with Crippen molar-refractivity contribution >= 4 is 22.5 Å². The lowest BCUT2D eigenvalue weighted by molar-refractivity contribution is 0.0976. The molecule has 0 saturated carbocycles. The second-order valence-corrected chi connectivity index (χ2v) is 4.95. The summed E-state index contributed by atoms with van der Waals surface area (Å²) in [6.45, 7) is 1.06. The molecule has 1 amide bonds.